The van der Waals surface area contributed by atoms with Crippen LogP contribution in [-0.2, 0) is 16.0 Å². The van der Waals surface area contributed by atoms with E-state index >= 15 is 0 Å². The number of hydrogen-bond acceptors (Lipinski definition) is 4. The average molecular weight is 396 g/mol. The molecule has 6 nitrogen and oxygen atoms in total. The monoisotopic (exact) mass is 395 g/mol. The van der Waals surface area contributed by atoms with Gasteiger partial charge in [-0.2, -0.15) is 0 Å². The topological polar surface area (TPSA) is 79.5 Å². The molecule has 6 heteroatoms. The van der Waals surface area contributed by atoms with Gasteiger partial charge in [0.05, 0.1) is 0 Å². The van der Waals surface area contributed by atoms with Gasteiger partial charge < -0.3 is 20.7 Å². The van der Waals surface area contributed by atoms with Gasteiger partial charge in [-0.25, -0.2) is 0 Å². The van der Waals surface area contributed by atoms with Gasteiger partial charge in [0, 0.05) is 24.7 Å². The Morgan fingerprint density at radius 1 is 1.07 bits per heavy atom. The number of anilines is 1. The predicted octanol–water partition coefficient (Wildman–Crippen LogP) is 2.81. The molecule has 3 N–H and O–H groups in total. The van der Waals surface area contributed by atoms with Crippen molar-refractivity contribution in [2.45, 2.75) is 38.6 Å². The van der Waals surface area contributed by atoms with Crippen LogP contribution in [0.25, 0.3) is 0 Å². The molecule has 1 unspecified atom stereocenters. The molecule has 0 aliphatic carbocycles. The Labute approximate surface area is 172 Å². The van der Waals surface area contributed by atoms with Crippen molar-refractivity contribution in [2.24, 2.45) is 0 Å². The summed E-state index contributed by atoms with van der Waals surface area (Å²) in [6, 6.07) is 15.6. The number of benzene rings is 2. The summed E-state index contributed by atoms with van der Waals surface area (Å²) in [5.74, 6) is 0.547. The van der Waals surface area contributed by atoms with Crippen LogP contribution in [0.15, 0.2) is 48.5 Å². The molecule has 2 aromatic rings. The van der Waals surface area contributed by atoms with Gasteiger partial charge in [0.1, 0.15) is 5.75 Å². The first-order valence-corrected chi connectivity index (χ1v) is 10.2. The van der Waals surface area contributed by atoms with Gasteiger partial charge in [-0.05, 0) is 62.6 Å². The molecule has 0 radical (unpaired) electrons. The summed E-state index contributed by atoms with van der Waals surface area (Å²) in [6.45, 7) is 3.59. The molecule has 29 heavy (non-hydrogen) atoms. The van der Waals surface area contributed by atoms with Gasteiger partial charge in [0.25, 0.3) is 5.91 Å². The number of amides is 2. The molecule has 0 saturated carbocycles. The van der Waals surface area contributed by atoms with Crippen molar-refractivity contribution in [3.05, 3.63) is 59.7 Å². The highest BCUT2D eigenvalue weighted by Gasteiger charge is 2.17. The van der Waals surface area contributed by atoms with Crippen LogP contribution >= 0.6 is 0 Å². The number of hydrogen-bond donors (Lipinski definition) is 3. The Kier molecular flexibility index (Phi) is 7.64. The first kappa shape index (κ1) is 20.9. The van der Waals surface area contributed by atoms with Gasteiger partial charge in [0.2, 0.25) is 5.91 Å². The third-order valence-electron chi connectivity index (χ3n) is 4.96. The molecule has 0 spiro atoms. The maximum atomic E-state index is 12.0. The highest BCUT2D eigenvalue weighted by Crippen LogP contribution is 2.13. The number of nitrogens with one attached hydrogen (secondary N) is 3. The number of carbonyl (C=O) groups excluding carboxylic acids is 2. The summed E-state index contributed by atoms with van der Waals surface area (Å²) in [5.41, 5.74) is 3.01. The fourth-order valence-electron chi connectivity index (χ4n) is 3.31. The lowest BCUT2D eigenvalue weighted by Gasteiger charge is -2.11. The number of ether oxygens (including phenoxy) is 1. The SMILES string of the molecule is Cc1ccc(NC(=O)COc2ccc(CCNC(=O)CC3CCCN3)cc2)cc1. The minimum atomic E-state index is -0.197. The van der Waals surface area contributed by atoms with Gasteiger partial charge >= 0.3 is 0 Å². The smallest absolute Gasteiger partial charge is 0.262 e. The zero-order valence-corrected chi connectivity index (χ0v) is 16.9. The van der Waals surface area contributed by atoms with E-state index in [0.717, 1.165) is 42.6 Å². The number of carbonyl (C=O) groups is 2. The molecule has 1 aliphatic heterocycles. The van der Waals surface area contributed by atoms with E-state index in [-0.39, 0.29) is 18.4 Å². The molecular formula is C23H29N3O3. The van der Waals surface area contributed by atoms with Crippen LogP contribution in [0.5, 0.6) is 5.75 Å². The van der Waals surface area contributed by atoms with E-state index in [2.05, 4.69) is 16.0 Å². The van der Waals surface area contributed by atoms with Gasteiger partial charge in [0.15, 0.2) is 6.61 Å². The first-order valence-electron chi connectivity index (χ1n) is 10.2. The maximum Gasteiger partial charge on any atom is 0.262 e. The lowest BCUT2D eigenvalue weighted by atomic mass is 10.1. The second-order valence-corrected chi connectivity index (χ2v) is 7.44. The second-order valence-electron chi connectivity index (χ2n) is 7.44. The van der Waals surface area contributed by atoms with Gasteiger partial charge in [-0.1, -0.05) is 29.8 Å². The Morgan fingerprint density at radius 3 is 2.52 bits per heavy atom. The van der Waals surface area contributed by atoms with E-state index in [4.69, 9.17) is 4.74 Å². The number of rotatable bonds is 9. The fraction of sp³-hybridized carbons (Fsp3) is 0.391. The van der Waals surface area contributed by atoms with E-state index in [1.165, 1.54) is 0 Å². The molecule has 0 bridgehead atoms. The molecular weight excluding hydrogens is 366 g/mol. The van der Waals surface area contributed by atoms with Crippen LogP contribution in [0.3, 0.4) is 0 Å². The normalized spacial score (nSPS) is 15.7. The van der Waals surface area contributed by atoms with Crippen molar-refractivity contribution in [2.75, 3.05) is 25.0 Å². The zero-order valence-electron chi connectivity index (χ0n) is 16.9. The summed E-state index contributed by atoms with van der Waals surface area (Å²) in [7, 11) is 0. The average Bonchev–Trinajstić information content (AvgIpc) is 3.22. The van der Waals surface area contributed by atoms with Crippen molar-refractivity contribution >= 4 is 17.5 Å². The Bertz CT molecular complexity index is 797. The fourth-order valence-corrected chi connectivity index (χ4v) is 3.31. The summed E-state index contributed by atoms with van der Waals surface area (Å²) in [4.78, 5) is 23.9. The maximum absolute atomic E-state index is 12.0. The van der Waals surface area contributed by atoms with E-state index in [1.54, 1.807) is 0 Å². The third kappa shape index (κ3) is 7.23. The molecule has 1 saturated heterocycles. The van der Waals surface area contributed by atoms with Gasteiger partial charge in [-0.3, -0.25) is 9.59 Å². The molecule has 1 atom stereocenters. The Hall–Kier alpha value is -2.86. The van der Waals surface area contributed by atoms with Gasteiger partial charge in [-0.15, -0.1) is 0 Å². The van der Waals surface area contributed by atoms with Crippen molar-refractivity contribution in [3.8, 4) is 5.75 Å². The molecule has 1 heterocycles. The van der Waals surface area contributed by atoms with Crippen LogP contribution in [-0.4, -0.2) is 37.6 Å². The zero-order chi connectivity index (χ0) is 20.5. The molecule has 1 aliphatic rings. The molecule has 3 rings (SSSR count). The van der Waals surface area contributed by atoms with E-state index in [1.807, 2.05) is 55.5 Å². The standard InChI is InChI=1S/C23H29N3O3/c1-17-4-8-19(9-5-17)26-23(28)16-29-21-10-6-18(7-11-21)12-14-25-22(27)15-20-3-2-13-24-20/h4-11,20,24H,2-3,12-16H2,1H3,(H,25,27)(H,26,28). The lowest BCUT2D eigenvalue weighted by Crippen LogP contribution is -2.32. The summed E-state index contributed by atoms with van der Waals surface area (Å²) in [6.07, 6.45) is 3.55. The molecule has 154 valence electrons. The molecule has 0 aromatic heterocycles. The van der Waals surface area contributed by atoms with Crippen molar-refractivity contribution in [3.63, 3.8) is 0 Å². The van der Waals surface area contributed by atoms with Crippen LogP contribution in [0.2, 0.25) is 0 Å². The third-order valence-corrected chi connectivity index (χ3v) is 4.96. The summed E-state index contributed by atoms with van der Waals surface area (Å²) >= 11 is 0. The van der Waals surface area contributed by atoms with Crippen molar-refractivity contribution in [1.29, 1.82) is 0 Å². The quantitative estimate of drug-likeness (QED) is 0.610. The number of aryl methyl sites for hydroxylation is 1. The Morgan fingerprint density at radius 2 is 1.83 bits per heavy atom. The summed E-state index contributed by atoms with van der Waals surface area (Å²) < 4.78 is 5.55. The van der Waals surface area contributed by atoms with Crippen LogP contribution in [0, 0.1) is 6.92 Å². The van der Waals surface area contributed by atoms with Crippen molar-refractivity contribution < 1.29 is 14.3 Å². The molecule has 2 aromatic carbocycles. The van der Waals surface area contributed by atoms with Crippen molar-refractivity contribution in [1.82, 2.24) is 10.6 Å². The van der Waals surface area contributed by atoms with E-state index < -0.39 is 0 Å². The summed E-state index contributed by atoms with van der Waals surface area (Å²) in [5, 5.41) is 9.12. The minimum Gasteiger partial charge on any atom is -0.484 e. The lowest BCUT2D eigenvalue weighted by molar-refractivity contribution is -0.121. The van der Waals surface area contributed by atoms with Crippen LogP contribution in [0.1, 0.15) is 30.4 Å². The molecule has 1 fully saturated rings. The van der Waals surface area contributed by atoms with Crippen LogP contribution in [0.4, 0.5) is 5.69 Å². The highest BCUT2D eigenvalue weighted by atomic mass is 16.5. The second kappa shape index (κ2) is 10.6. The van der Waals surface area contributed by atoms with E-state index in [0.29, 0.717) is 24.8 Å². The molecule has 2 amide bonds. The van der Waals surface area contributed by atoms with Crippen LogP contribution < -0.4 is 20.7 Å². The predicted molar refractivity (Wildman–Crippen MR) is 114 cm³/mol. The largest absolute Gasteiger partial charge is 0.484 e. The minimum absolute atomic E-state index is 0.0432. The highest BCUT2D eigenvalue weighted by molar-refractivity contribution is 5.91. The first-order chi connectivity index (χ1) is 14.1. The Balaban J connectivity index is 1.34. The van der Waals surface area contributed by atoms with E-state index in [9.17, 15) is 9.59 Å².